The van der Waals surface area contributed by atoms with E-state index < -0.39 is 9.84 Å². The lowest BCUT2D eigenvalue weighted by Crippen LogP contribution is -2.46. The van der Waals surface area contributed by atoms with Crippen LogP contribution in [0.1, 0.15) is 24.8 Å². The van der Waals surface area contributed by atoms with Gasteiger partial charge in [0.05, 0.1) is 11.9 Å². The number of aryl methyl sites for hydroxylation is 1. The molecule has 0 aliphatic carbocycles. The molecule has 1 aliphatic heterocycles. The van der Waals surface area contributed by atoms with Gasteiger partial charge in [0.25, 0.3) is 0 Å². The van der Waals surface area contributed by atoms with E-state index in [1.807, 2.05) is 18.2 Å². The summed E-state index contributed by atoms with van der Waals surface area (Å²) in [5.41, 5.74) is 1.23. The van der Waals surface area contributed by atoms with Crippen LogP contribution in [0.5, 0.6) is 0 Å². The minimum atomic E-state index is -3.07. The minimum absolute atomic E-state index is 0.0482. The average molecular weight is 368 g/mol. The van der Waals surface area contributed by atoms with Crippen molar-refractivity contribution in [3.8, 4) is 0 Å². The number of likely N-dealkylation sites (tertiary alicyclic amines) is 1. The third kappa shape index (κ3) is 7.04. The topological polar surface area (TPSA) is 86.7 Å². The Bertz CT molecular complexity index is 640. The molecule has 1 atom stereocenters. The predicted octanol–water partition coefficient (Wildman–Crippen LogP) is 1.45. The molecule has 1 heterocycles. The fraction of sp³-hybridized carbons (Fsp3) is 0.611. The van der Waals surface area contributed by atoms with E-state index in [1.165, 1.54) is 5.56 Å². The van der Waals surface area contributed by atoms with Crippen molar-refractivity contribution in [3.63, 3.8) is 0 Å². The van der Waals surface area contributed by atoms with Crippen LogP contribution in [-0.2, 0) is 16.3 Å². The fourth-order valence-corrected chi connectivity index (χ4v) is 3.61. The van der Waals surface area contributed by atoms with Gasteiger partial charge in [-0.05, 0) is 37.2 Å². The molecule has 1 unspecified atom stereocenters. The number of urea groups is 1. The normalized spacial score (nSPS) is 17.3. The maximum Gasteiger partial charge on any atom is 0.317 e. The van der Waals surface area contributed by atoms with E-state index in [0.717, 1.165) is 31.9 Å². The van der Waals surface area contributed by atoms with E-state index in [4.69, 9.17) is 0 Å². The molecule has 0 saturated carbocycles. The molecular formula is C18H28N2O4S. The van der Waals surface area contributed by atoms with Gasteiger partial charge in [0.1, 0.15) is 9.84 Å². The molecule has 25 heavy (non-hydrogen) atoms. The number of rotatable bonds is 7. The first-order valence-corrected chi connectivity index (χ1v) is 10.8. The first kappa shape index (κ1) is 19.7. The monoisotopic (exact) mass is 368 g/mol. The lowest BCUT2D eigenvalue weighted by molar-refractivity contribution is 0.0611. The van der Waals surface area contributed by atoms with Gasteiger partial charge in [0.15, 0.2) is 0 Å². The number of piperidine rings is 1. The number of nitrogens with zero attached hydrogens (tertiary/aromatic N) is 1. The minimum Gasteiger partial charge on any atom is -0.393 e. The van der Waals surface area contributed by atoms with Crippen molar-refractivity contribution in [2.24, 2.45) is 5.92 Å². The highest BCUT2D eigenvalue weighted by molar-refractivity contribution is 7.90. The van der Waals surface area contributed by atoms with Crippen molar-refractivity contribution >= 4 is 15.9 Å². The highest BCUT2D eigenvalue weighted by Gasteiger charge is 2.27. The van der Waals surface area contributed by atoms with E-state index in [9.17, 15) is 18.3 Å². The second-order valence-electron chi connectivity index (χ2n) is 6.78. The summed E-state index contributed by atoms with van der Waals surface area (Å²) in [7, 11) is -3.07. The predicted molar refractivity (Wildman–Crippen MR) is 98.2 cm³/mol. The Balaban J connectivity index is 1.68. The van der Waals surface area contributed by atoms with E-state index >= 15 is 0 Å². The largest absolute Gasteiger partial charge is 0.393 e. The number of sulfone groups is 1. The zero-order valence-electron chi connectivity index (χ0n) is 14.7. The number of hydrogen-bond acceptors (Lipinski definition) is 4. The maximum atomic E-state index is 12.0. The van der Waals surface area contributed by atoms with E-state index in [1.54, 1.807) is 4.90 Å². The van der Waals surface area contributed by atoms with Crippen molar-refractivity contribution in [2.75, 3.05) is 31.6 Å². The number of aliphatic hydroxyl groups excluding tert-OH is 1. The number of benzene rings is 1. The Morgan fingerprint density at radius 1 is 1.28 bits per heavy atom. The Hall–Kier alpha value is -1.60. The van der Waals surface area contributed by atoms with Crippen molar-refractivity contribution in [1.82, 2.24) is 10.2 Å². The molecule has 2 N–H and O–H groups in total. The second kappa shape index (κ2) is 9.20. The quantitative estimate of drug-likeness (QED) is 0.763. The van der Waals surface area contributed by atoms with Crippen LogP contribution in [0.3, 0.4) is 0 Å². The van der Waals surface area contributed by atoms with Gasteiger partial charge in [-0.25, -0.2) is 13.2 Å². The van der Waals surface area contributed by atoms with Gasteiger partial charge < -0.3 is 15.3 Å². The zero-order valence-corrected chi connectivity index (χ0v) is 15.5. The van der Waals surface area contributed by atoms with Crippen molar-refractivity contribution < 1.29 is 18.3 Å². The molecule has 140 valence electrons. The summed E-state index contributed by atoms with van der Waals surface area (Å²) in [6.07, 6.45) is 3.94. The van der Waals surface area contributed by atoms with E-state index in [2.05, 4.69) is 17.4 Å². The van der Waals surface area contributed by atoms with Crippen LogP contribution in [0.4, 0.5) is 4.79 Å². The lowest BCUT2D eigenvalue weighted by atomic mass is 9.88. The molecule has 7 heteroatoms. The van der Waals surface area contributed by atoms with Crippen LogP contribution in [0.15, 0.2) is 30.3 Å². The van der Waals surface area contributed by atoms with Crippen LogP contribution < -0.4 is 5.32 Å². The smallest absolute Gasteiger partial charge is 0.317 e. The maximum absolute atomic E-state index is 12.0. The standard InChI is InChI=1S/C18H28N2O4S/c1-25(23,24)14-11-19-18(22)20-12-9-16(10-13-20)17(21)8-7-15-5-3-2-4-6-15/h2-6,16-17,21H,7-14H2,1H3,(H,19,22). The Labute approximate surface area is 150 Å². The molecular weight excluding hydrogens is 340 g/mol. The van der Waals surface area contributed by atoms with E-state index in [-0.39, 0.29) is 30.4 Å². The van der Waals surface area contributed by atoms with Crippen molar-refractivity contribution in [1.29, 1.82) is 0 Å². The highest BCUT2D eigenvalue weighted by atomic mass is 32.2. The summed E-state index contributed by atoms with van der Waals surface area (Å²) >= 11 is 0. The average Bonchev–Trinajstić information content (AvgIpc) is 2.59. The second-order valence-corrected chi connectivity index (χ2v) is 9.04. The van der Waals surface area contributed by atoms with Crippen LogP contribution in [0.2, 0.25) is 0 Å². The molecule has 1 saturated heterocycles. The molecule has 1 aliphatic rings. The molecule has 1 aromatic rings. The van der Waals surface area contributed by atoms with Crippen molar-refractivity contribution in [2.45, 2.75) is 31.8 Å². The molecule has 6 nitrogen and oxygen atoms in total. The Morgan fingerprint density at radius 3 is 2.52 bits per heavy atom. The summed E-state index contributed by atoms with van der Waals surface area (Å²) < 4.78 is 22.2. The van der Waals surface area contributed by atoms with Gasteiger partial charge in [-0.1, -0.05) is 30.3 Å². The van der Waals surface area contributed by atoms with Crippen LogP contribution >= 0.6 is 0 Å². The number of amides is 2. The fourth-order valence-electron chi connectivity index (χ4n) is 3.14. The lowest BCUT2D eigenvalue weighted by Gasteiger charge is -2.34. The first-order chi connectivity index (χ1) is 11.8. The van der Waals surface area contributed by atoms with Crippen LogP contribution in [0, 0.1) is 5.92 Å². The molecule has 1 fully saturated rings. The zero-order chi connectivity index (χ0) is 18.3. The molecule has 1 aromatic carbocycles. The molecule has 0 radical (unpaired) electrons. The van der Waals surface area contributed by atoms with Gasteiger partial charge in [0, 0.05) is 25.9 Å². The third-order valence-electron chi connectivity index (χ3n) is 4.69. The van der Waals surface area contributed by atoms with Gasteiger partial charge in [-0.3, -0.25) is 0 Å². The third-order valence-corrected chi connectivity index (χ3v) is 5.64. The Kier molecular flexibility index (Phi) is 7.25. The highest BCUT2D eigenvalue weighted by Crippen LogP contribution is 2.23. The van der Waals surface area contributed by atoms with Crippen LogP contribution in [-0.4, -0.2) is 62.2 Å². The van der Waals surface area contributed by atoms with Gasteiger partial charge >= 0.3 is 6.03 Å². The number of nitrogens with one attached hydrogen (secondary N) is 1. The number of aliphatic hydroxyl groups is 1. The summed E-state index contributed by atoms with van der Waals surface area (Å²) in [6.45, 7) is 1.33. The van der Waals surface area contributed by atoms with Gasteiger partial charge in [0.2, 0.25) is 0 Å². The SMILES string of the molecule is CS(=O)(=O)CCNC(=O)N1CCC(C(O)CCc2ccccc2)CC1. The van der Waals surface area contributed by atoms with E-state index in [0.29, 0.717) is 13.1 Å². The Morgan fingerprint density at radius 2 is 1.92 bits per heavy atom. The first-order valence-electron chi connectivity index (χ1n) is 8.77. The summed E-state index contributed by atoms with van der Waals surface area (Å²) in [5.74, 6) is 0.164. The van der Waals surface area contributed by atoms with Crippen LogP contribution in [0.25, 0.3) is 0 Å². The van der Waals surface area contributed by atoms with Gasteiger partial charge in [-0.2, -0.15) is 0 Å². The summed E-state index contributed by atoms with van der Waals surface area (Å²) in [5, 5.41) is 13.1. The number of carbonyl (C=O) groups excluding carboxylic acids is 1. The number of hydrogen-bond donors (Lipinski definition) is 2. The molecule has 0 spiro atoms. The molecule has 2 amide bonds. The molecule has 0 aromatic heterocycles. The van der Waals surface area contributed by atoms with Crippen molar-refractivity contribution in [3.05, 3.63) is 35.9 Å². The summed E-state index contributed by atoms with van der Waals surface area (Å²) in [6, 6.07) is 9.90. The van der Waals surface area contributed by atoms with Gasteiger partial charge in [-0.15, -0.1) is 0 Å². The molecule has 0 bridgehead atoms. The number of carbonyl (C=O) groups is 1. The molecule has 2 rings (SSSR count). The summed E-state index contributed by atoms with van der Waals surface area (Å²) in [4.78, 5) is 13.7.